The summed E-state index contributed by atoms with van der Waals surface area (Å²) >= 11 is 4.21. The molecule has 0 aromatic heterocycles. The van der Waals surface area contributed by atoms with Gasteiger partial charge in [-0.15, -0.1) is 12.6 Å². The van der Waals surface area contributed by atoms with Gasteiger partial charge in [0.05, 0.1) is 0 Å². The normalized spacial score (nSPS) is 11.6. The maximum absolute atomic E-state index is 4.21. The summed E-state index contributed by atoms with van der Waals surface area (Å²) in [6, 6.07) is 7.92. The Morgan fingerprint density at radius 3 is 2.46 bits per heavy atom. The molecule has 0 saturated carbocycles. The van der Waals surface area contributed by atoms with Gasteiger partial charge in [0.1, 0.15) is 0 Å². The maximum atomic E-state index is 4.21. The number of benzene rings is 1. The van der Waals surface area contributed by atoms with Crippen LogP contribution in [0.4, 0.5) is 0 Å². The van der Waals surface area contributed by atoms with E-state index >= 15 is 0 Å². The van der Waals surface area contributed by atoms with Crippen molar-refractivity contribution in [1.29, 1.82) is 0 Å². The lowest BCUT2D eigenvalue weighted by atomic mass is 10.1. The molecule has 0 bridgehead atoms. The molecule has 0 heterocycles. The van der Waals surface area contributed by atoms with E-state index in [0.717, 1.165) is 16.9 Å². The van der Waals surface area contributed by atoms with Crippen LogP contribution in [0.5, 0.6) is 0 Å². The van der Waals surface area contributed by atoms with Gasteiger partial charge in [0.25, 0.3) is 0 Å². The fraction of sp³-hybridized carbons (Fsp3) is 0.333. The second-order valence-electron chi connectivity index (χ2n) is 3.13. The molecule has 0 aliphatic rings. The first-order chi connectivity index (χ1) is 6.22. The minimum absolute atomic E-state index is 0.482. The lowest BCUT2D eigenvalue weighted by molar-refractivity contribution is 0.723. The van der Waals surface area contributed by atoms with E-state index in [9.17, 15) is 0 Å². The molecule has 0 radical (unpaired) electrons. The summed E-state index contributed by atoms with van der Waals surface area (Å²) in [7, 11) is 0. The SMILES string of the molecule is CCC(C)C#Cc1ccc(S)cc1. The number of rotatable bonds is 1. The van der Waals surface area contributed by atoms with Gasteiger partial charge in [-0.2, -0.15) is 0 Å². The maximum Gasteiger partial charge on any atom is 0.0246 e. The highest BCUT2D eigenvalue weighted by Crippen LogP contribution is 2.07. The summed E-state index contributed by atoms with van der Waals surface area (Å²) in [5.74, 6) is 6.81. The van der Waals surface area contributed by atoms with Crippen molar-refractivity contribution in [1.82, 2.24) is 0 Å². The van der Waals surface area contributed by atoms with Crippen molar-refractivity contribution in [3.8, 4) is 11.8 Å². The van der Waals surface area contributed by atoms with Gasteiger partial charge in [0.15, 0.2) is 0 Å². The molecular formula is C12H14S. The average Bonchev–Trinajstić information content (AvgIpc) is 2.16. The van der Waals surface area contributed by atoms with Crippen LogP contribution in [-0.4, -0.2) is 0 Å². The lowest BCUT2D eigenvalue weighted by Crippen LogP contribution is -1.85. The van der Waals surface area contributed by atoms with E-state index in [1.807, 2.05) is 24.3 Å². The zero-order valence-electron chi connectivity index (χ0n) is 8.04. The standard InChI is InChI=1S/C12H14S/c1-3-10(2)4-5-11-6-8-12(13)9-7-11/h6-10,13H,3H2,1-2H3. The van der Waals surface area contributed by atoms with Crippen LogP contribution >= 0.6 is 12.6 Å². The quantitative estimate of drug-likeness (QED) is 0.509. The van der Waals surface area contributed by atoms with Crippen LogP contribution in [0.25, 0.3) is 0 Å². The predicted octanol–water partition coefficient (Wildman–Crippen LogP) is 3.37. The molecule has 68 valence electrons. The van der Waals surface area contributed by atoms with E-state index in [0.29, 0.717) is 5.92 Å². The molecule has 0 N–H and O–H groups in total. The fourth-order valence-electron chi connectivity index (χ4n) is 0.853. The zero-order chi connectivity index (χ0) is 9.68. The van der Waals surface area contributed by atoms with Gasteiger partial charge >= 0.3 is 0 Å². The van der Waals surface area contributed by atoms with Crippen LogP contribution in [0.15, 0.2) is 29.2 Å². The minimum atomic E-state index is 0.482. The first-order valence-corrected chi connectivity index (χ1v) is 4.97. The molecule has 1 rings (SSSR count). The molecule has 0 fully saturated rings. The summed E-state index contributed by atoms with van der Waals surface area (Å²) in [5, 5.41) is 0. The Morgan fingerprint density at radius 1 is 1.31 bits per heavy atom. The van der Waals surface area contributed by atoms with Gasteiger partial charge in [0, 0.05) is 16.4 Å². The molecule has 0 amide bonds. The van der Waals surface area contributed by atoms with Gasteiger partial charge in [-0.1, -0.05) is 25.7 Å². The van der Waals surface area contributed by atoms with E-state index < -0.39 is 0 Å². The Bertz CT molecular complexity index is 313. The molecule has 1 unspecified atom stereocenters. The molecule has 0 saturated heterocycles. The molecule has 1 heteroatoms. The molecule has 13 heavy (non-hydrogen) atoms. The second kappa shape index (κ2) is 4.99. The topological polar surface area (TPSA) is 0 Å². The second-order valence-corrected chi connectivity index (χ2v) is 3.64. The van der Waals surface area contributed by atoms with Crippen LogP contribution in [-0.2, 0) is 0 Å². The van der Waals surface area contributed by atoms with E-state index in [2.05, 4.69) is 38.3 Å². The van der Waals surface area contributed by atoms with Crippen molar-refractivity contribution in [2.24, 2.45) is 5.92 Å². The van der Waals surface area contributed by atoms with Crippen molar-refractivity contribution in [2.75, 3.05) is 0 Å². The van der Waals surface area contributed by atoms with Crippen molar-refractivity contribution in [3.63, 3.8) is 0 Å². The molecule has 0 aliphatic heterocycles. The Kier molecular flexibility index (Phi) is 3.92. The van der Waals surface area contributed by atoms with Crippen molar-refractivity contribution < 1.29 is 0 Å². The molecule has 0 aliphatic carbocycles. The molecule has 1 aromatic carbocycles. The Morgan fingerprint density at radius 2 is 1.92 bits per heavy atom. The van der Waals surface area contributed by atoms with E-state index in [1.165, 1.54) is 0 Å². The van der Waals surface area contributed by atoms with Crippen LogP contribution < -0.4 is 0 Å². The minimum Gasteiger partial charge on any atom is -0.143 e. The summed E-state index contributed by atoms with van der Waals surface area (Å²) in [5.41, 5.74) is 1.07. The fourth-order valence-corrected chi connectivity index (χ4v) is 1.00. The number of thiol groups is 1. The van der Waals surface area contributed by atoms with Crippen LogP contribution in [0, 0.1) is 17.8 Å². The molecule has 1 atom stereocenters. The Labute approximate surface area is 85.8 Å². The number of hydrogen-bond donors (Lipinski definition) is 1. The smallest absolute Gasteiger partial charge is 0.0246 e. The third-order valence-electron chi connectivity index (χ3n) is 1.94. The summed E-state index contributed by atoms with van der Waals surface area (Å²) < 4.78 is 0. The highest BCUT2D eigenvalue weighted by atomic mass is 32.1. The first kappa shape index (κ1) is 10.2. The molecule has 0 nitrogen and oxygen atoms in total. The highest BCUT2D eigenvalue weighted by molar-refractivity contribution is 7.80. The molecular weight excluding hydrogens is 176 g/mol. The molecule has 0 spiro atoms. The molecule has 1 aromatic rings. The van der Waals surface area contributed by atoms with Gasteiger partial charge in [-0.05, 0) is 30.7 Å². The van der Waals surface area contributed by atoms with Gasteiger partial charge in [-0.3, -0.25) is 0 Å². The van der Waals surface area contributed by atoms with E-state index in [4.69, 9.17) is 0 Å². The monoisotopic (exact) mass is 190 g/mol. The van der Waals surface area contributed by atoms with Crippen molar-refractivity contribution in [3.05, 3.63) is 29.8 Å². The van der Waals surface area contributed by atoms with Gasteiger partial charge in [-0.25, -0.2) is 0 Å². The van der Waals surface area contributed by atoms with Crippen LogP contribution in [0.3, 0.4) is 0 Å². The number of hydrogen-bond acceptors (Lipinski definition) is 1. The lowest BCUT2D eigenvalue weighted by Gasteiger charge is -1.95. The predicted molar refractivity (Wildman–Crippen MR) is 60.0 cm³/mol. The highest BCUT2D eigenvalue weighted by Gasteiger charge is 1.90. The van der Waals surface area contributed by atoms with E-state index in [1.54, 1.807) is 0 Å². The third-order valence-corrected chi connectivity index (χ3v) is 2.24. The van der Waals surface area contributed by atoms with Crippen molar-refractivity contribution >= 4 is 12.6 Å². The van der Waals surface area contributed by atoms with E-state index in [-0.39, 0.29) is 0 Å². The largest absolute Gasteiger partial charge is 0.143 e. The summed E-state index contributed by atoms with van der Waals surface area (Å²) in [6.07, 6.45) is 1.11. The third kappa shape index (κ3) is 3.57. The average molecular weight is 190 g/mol. The van der Waals surface area contributed by atoms with Gasteiger partial charge < -0.3 is 0 Å². The Balaban J connectivity index is 2.72. The van der Waals surface area contributed by atoms with Crippen molar-refractivity contribution in [2.45, 2.75) is 25.2 Å². The summed E-state index contributed by atoms with van der Waals surface area (Å²) in [6.45, 7) is 4.29. The zero-order valence-corrected chi connectivity index (χ0v) is 8.94. The summed E-state index contributed by atoms with van der Waals surface area (Å²) in [4.78, 5) is 0.981. The van der Waals surface area contributed by atoms with Gasteiger partial charge in [0.2, 0.25) is 0 Å². The van der Waals surface area contributed by atoms with Crippen LogP contribution in [0.2, 0.25) is 0 Å². The Hall–Kier alpha value is -0.870. The van der Waals surface area contributed by atoms with Crippen LogP contribution in [0.1, 0.15) is 25.8 Å². The first-order valence-electron chi connectivity index (χ1n) is 4.53.